The number of hydrogen-bond donors (Lipinski definition) is 3. The fourth-order valence-corrected chi connectivity index (χ4v) is 3.68. The topological polar surface area (TPSA) is 96.5 Å². The number of sulfonamides is 1. The molecule has 0 atom stereocenters. The van der Waals surface area contributed by atoms with Crippen molar-refractivity contribution in [3.05, 3.63) is 23.8 Å². The van der Waals surface area contributed by atoms with Crippen molar-refractivity contribution < 1.29 is 17.9 Å². The van der Waals surface area contributed by atoms with Crippen molar-refractivity contribution in [3.63, 3.8) is 0 Å². The molecule has 0 spiro atoms. The summed E-state index contributed by atoms with van der Waals surface area (Å²) in [5.41, 5.74) is 0.294. The molecule has 1 saturated heterocycles. The molecule has 7 nitrogen and oxygen atoms in total. The first-order valence-electron chi connectivity index (χ1n) is 7.52. The van der Waals surface area contributed by atoms with Gasteiger partial charge in [0.2, 0.25) is 10.0 Å². The van der Waals surface area contributed by atoms with Crippen LogP contribution in [0.5, 0.6) is 5.75 Å². The Bertz CT molecular complexity index is 675. The third kappa shape index (κ3) is 5.07. The number of benzene rings is 1. The summed E-state index contributed by atoms with van der Waals surface area (Å²) in [6, 6.07) is 4.14. The van der Waals surface area contributed by atoms with Gasteiger partial charge in [-0.05, 0) is 32.0 Å². The first-order valence-corrected chi connectivity index (χ1v) is 9.01. The highest BCUT2D eigenvalue weighted by atomic mass is 35.5. The molecule has 9 heteroatoms. The van der Waals surface area contributed by atoms with Crippen molar-refractivity contribution in [2.24, 2.45) is 5.92 Å². The minimum absolute atomic E-state index is 0. The third-order valence-electron chi connectivity index (χ3n) is 3.52. The molecule has 1 heterocycles. The zero-order chi connectivity index (χ0) is 17.0. The Balaban J connectivity index is 0.00000288. The molecule has 3 N–H and O–H groups in total. The molecule has 1 fully saturated rings. The van der Waals surface area contributed by atoms with Crippen LogP contribution in [0.3, 0.4) is 0 Å². The first kappa shape index (κ1) is 20.7. The molecule has 0 saturated carbocycles. The standard InChI is InChI=1S/C15H23N3O4S.ClH/c1-10(2)18-23(20,21)14-6-12(4-5-13(14)22-3)15(19)17-9-11-7-16-8-11;/h4-6,10-11,16,18H,7-9H2,1-3H3,(H,17,19);1H. The Kier molecular flexibility index (Phi) is 7.47. The van der Waals surface area contributed by atoms with Crippen LogP contribution in [0, 0.1) is 5.92 Å². The Morgan fingerprint density at radius 1 is 1.38 bits per heavy atom. The third-order valence-corrected chi connectivity index (χ3v) is 5.20. The number of halogens is 1. The van der Waals surface area contributed by atoms with E-state index in [-0.39, 0.29) is 35.0 Å². The summed E-state index contributed by atoms with van der Waals surface area (Å²) in [6.07, 6.45) is 0. The van der Waals surface area contributed by atoms with E-state index in [1.165, 1.54) is 19.2 Å². The Labute approximate surface area is 149 Å². The molecule has 1 aliphatic heterocycles. The molecule has 1 aromatic carbocycles. The molecule has 0 radical (unpaired) electrons. The van der Waals surface area contributed by atoms with Gasteiger partial charge in [0, 0.05) is 37.2 Å². The van der Waals surface area contributed by atoms with Crippen LogP contribution in [0.1, 0.15) is 24.2 Å². The van der Waals surface area contributed by atoms with Crippen LogP contribution >= 0.6 is 12.4 Å². The second kappa shape index (κ2) is 8.66. The van der Waals surface area contributed by atoms with E-state index >= 15 is 0 Å². The van der Waals surface area contributed by atoms with Crippen molar-refractivity contribution >= 4 is 28.3 Å². The van der Waals surface area contributed by atoms with E-state index in [1.807, 2.05) is 0 Å². The highest BCUT2D eigenvalue weighted by Gasteiger charge is 2.23. The number of hydrogen-bond acceptors (Lipinski definition) is 5. The maximum Gasteiger partial charge on any atom is 0.251 e. The van der Waals surface area contributed by atoms with E-state index in [9.17, 15) is 13.2 Å². The number of amides is 1. The van der Waals surface area contributed by atoms with E-state index in [0.29, 0.717) is 18.0 Å². The van der Waals surface area contributed by atoms with Crippen molar-refractivity contribution in [1.29, 1.82) is 0 Å². The summed E-state index contributed by atoms with van der Waals surface area (Å²) in [4.78, 5) is 12.2. The lowest BCUT2D eigenvalue weighted by Crippen LogP contribution is -2.48. The van der Waals surface area contributed by atoms with Crippen molar-refractivity contribution in [3.8, 4) is 5.75 Å². The van der Waals surface area contributed by atoms with Crippen LogP contribution in [0.15, 0.2) is 23.1 Å². The van der Waals surface area contributed by atoms with Crippen LogP contribution in [0.25, 0.3) is 0 Å². The molecule has 1 aliphatic rings. The van der Waals surface area contributed by atoms with Gasteiger partial charge in [0.15, 0.2) is 0 Å². The van der Waals surface area contributed by atoms with E-state index in [1.54, 1.807) is 19.9 Å². The van der Waals surface area contributed by atoms with Gasteiger partial charge >= 0.3 is 0 Å². The highest BCUT2D eigenvalue weighted by Crippen LogP contribution is 2.25. The van der Waals surface area contributed by atoms with Crippen LogP contribution in [-0.2, 0) is 10.0 Å². The number of methoxy groups -OCH3 is 1. The Morgan fingerprint density at radius 3 is 2.54 bits per heavy atom. The van der Waals surface area contributed by atoms with E-state index < -0.39 is 10.0 Å². The van der Waals surface area contributed by atoms with Crippen LogP contribution < -0.4 is 20.1 Å². The minimum Gasteiger partial charge on any atom is -0.495 e. The van der Waals surface area contributed by atoms with E-state index in [0.717, 1.165) is 13.1 Å². The van der Waals surface area contributed by atoms with Crippen LogP contribution in [0.4, 0.5) is 0 Å². The molecule has 2 rings (SSSR count). The second-order valence-corrected chi connectivity index (χ2v) is 7.56. The van der Waals surface area contributed by atoms with E-state index in [2.05, 4.69) is 15.4 Å². The first-order chi connectivity index (χ1) is 10.8. The Hall–Kier alpha value is -1.35. The molecule has 24 heavy (non-hydrogen) atoms. The van der Waals surface area contributed by atoms with Crippen molar-refractivity contribution in [1.82, 2.24) is 15.4 Å². The lowest BCUT2D eigenvalue weighted by Gasteiger charge is -2.27. The van der Waals surface area contributed by atoms with Crippen LogP contribution in [-0.4, -0.2) is 47.1 Å². The maximum atomic E-state index is 12.4. The summed E-state index contributed by atoms with van der Waals surface area (Å²) in [7, 11) is -2.35. The average Bonchev–Trinajstić information content (AvgIpc) is 2.43. The van der Waals surface area contributed by atoms with Gasteiger partial charge in [0.1, 0.15) is 10.6 Å². The monoisotopic (exact) mass is 377 g/mol. The minimum atomic E-state index is -3.75. The molecule has 136 valence electrons. The smallest absolute Gasteiger partial charge is 0.251 e. The molecule has 0 aliphatic carbocycles. The van der Waals surface area contributed by atoms with Crippen LogP contribution in [0.2, 0.25) is 0 Å². The number of carbonyl (C=O) groups excluding carboxylic acids is 1. The molecule has 1 aromatic rings. The number of rotatable bonds is 7. The van der Waals surface area contributed by atoms with Crippen molar-refractivity contribution in [2.75, 3.05) is 26.7 Å². The van der Waals surface area contributed by atoms with Gasteiger partial charge in [-0.25, -0.2) is 13.1 Å². The zero-order valence-corrected chi connectivity index (χ0v) is 15.6. The largest absolute Gasteiger partial charge is 0.495 e. The van der Waals surface area contributed by atoms with Crippen molar-refractivity contribution in [2.45, 2.75) is 24.8 Å². The molecule has 1 amide bonds. The summed E-state index contributed by atoms with van der Waals surface area (Å²) < 4.78 is 32.4. The lowest BCUT2D eigenvalue weighted by atomic mass is 10.0. The summed E-state index contributed by atoms with van der Waals surface area (Å²) in [5, 5.41) is 5.95. The summed E-state index contributed by atoms with van der Waals surface area (Å²) in [5.74, 6) is 0.349. The Morgan fingerprint density at radius 2 is 2.04 bits per heavy atom. The average molecular weight is 378 g/mol. The number of carbonyl (C=O) groups is 1. The summed E-state index contributed by atoms with van der Waals surface area (Å²) in [6.45, 7) is 5.81. The SMILES string of the molecule is COc1ccc(C(=O)NCC2CNC2)cc1S(=O)(=O)NC(C)C.Cl. The molecule has 0 aromatic heterocycles. The predicted molar refractivity (Wildman–Crippen MR) is 94.4 cm³/mol. The number of ether oxygens (including phenoxy) is 1. The highest BCUT2D eigenvalue weighted by molar-refractivity contribution is 7.89. The predicted octanol–water partition coefficient (Wildman–Crippen LogP) is 0.753. The quantitative estimate of drug-likeness (QED) is 0.651. The van der Waals surface area contributed by atoms with Gasteiger partial charge in [-0.15, -0.1) is 12.4 Å². The van der Waals surface area contributed by atoms with Gasteiger partial charge in [-0.3, -0.25) is 4.79 Å². The van der Waals surface area contributed by atoms with Gasteiger partial charge in [0.05, 0.1) is 7.11 Å². The molecular formula is C15H24ClN3O4S. The van der Waals surface area contributed by atoms with Gasteiger partial charge in [-0.2, -0.15) is 0 Å². The molecular weight excluding hydrogens is 354 g/mol. The number of nitrogens with one attached hydrogen (secondary N) is 3. The van der Waals surface area contributed by atoms with Gasteiger partial charge in [0.25, 0.3) is 5.91 Å². The fraction of sp³-hybridized carbons (Fsp3) is 0.533. The maximum absolute atomic E-state index is 12.4. The molecule has 0 bridgehead atoms. The van der Waals surface area contributed by atoms with E-state index in [4.69, 9.17) is 4.74 Å². The molecule has 0 unspecified atom stereocenters. The fourth-order valence-electron chi connectivity index (χ4n) is 2.23. The van der Waals surface area contributed by atoms with Gasteiger partial charge in [-0.1, -0.05) is 0 Å². The lowest BCUT2D eigenvalue weighted by molar-refractivity contribution is 0.0942. The normalized spacial score (nSPS) is 14.7. The zero-order valence-electron chi connectivity index (χ0n) is 14.0. The van der Waals surface area contributed by atoms with Gasteiger partial charge < -0.3 is 15.4 Å². The summed E-state index contributed by atoms with van der Waals surface area (Å²) >= 11 is 0. The second-order valence-electron chi connectivity index (χ2n) is 5.88.